The SMILES string of the molecule is CC(C)(C)OC(=O)C(O)CN1CCNC(=O)C1. The Morgan fingerprint density at radius 1 is 1.59 bits per heavy atom. The molecule has 0 aromatic carbocycles. The van der Waals surface area contributed by atoms with Gasteiger partial charge < -0.3 is 15.2 Å². The first-order valence-electron chi connectivity index (χ1n) is 5.68. The number of hydrogen-bond donors (Lipinski definition) is 2. The van der Waals surface area contributed by atoms with Crippen molar-refractivity contribution in [1.29, 1.82) is 0 Å². The summed E-state index contributed by atoms with van der Waals surface area (Å²) in [5, 5.41) is 12.3. The summed E-state index contributed by atoms with van der Waals surface area (Å²) in [6.45, 7) is 6.73. The van der Waals surface area contributed by atoms with Crippen LogP contribution in [0.25, 0.3) is 0 Å². The molecule has 0 aromatic rings. The van der Waals surface area contributed by atoms with E-state index in [9.17, 15) is 14.7 Å². The van der Waals surface area contributed by atoms with Gasteiger partial charge in [0.15, 0.2) is 6.10 Å². The second-order valence-corrected chi connectivity index (χ2v) is 5.13. The molecule has 1 saturated heterocycles. The van der Waals surface area contributed by atoms with Gasteiger partial charge in [-0.2, -0.15) is 0 Å². The first-order valence-corrected chi connectivity index (χ1v) is 5.68. The van der Waals surface area contributed by atoms with Gasteiger partial charge in [-0.25, -0.2) is 4.79 Å². The monoisotopic (exact) mass is 244 g/mol. The molecular formula is C11H20N2O4. The van der Waals surface area contributed by atoms with Gasteiger partial charge in [0.05, 0.1) is 6.54 Å². The van der Waals surface area contributed by atoms with Gasteiger partial charge >= 0.3 is 5.97 Å². The zero-order chi connectivity index (χ0) is 13.1. The molecule has 1 fully saturated rings. The predicted molar refractivity (Wildman–Crippen MR) is 61.3 cm³/mol. The van der Waals surface area contributed by atoms with Crippen LogP contribution in [0, 0.1) is 0 Å². The molecule has 6 nitrogen and oxygen atoms in total. The molecule has 0 aromatic heterocycles. The van der Waals surface area contributed by atoms with Crippen molar-refractivity contribution in [2.75, 3.05) is 26.2 Å². The molecule has 1 amide bonds. The van der Waals surface area contributed by atoms with Crippen molar-refractivity contribution >= 4 is 11.9 Å². The quantitative estimate of drug-likeness (QED) is 0.630. The Hall–Kier alpha value is -1.14. The van der Waals surface area contributed by atoms with Crippen molar-refractivity contribution in [3.05, 3.63) is 0 Å². The molecule has 6 heteroatoms. The highest BCUT2D eigenvalue weighted by Crippen LogP contribution is 2.09. The Balaban J connectivity index is 2.40. The average molecular weight is 244 g/mol. The molecule has 0 saturated carbocycles. The van der Waals surface area contributed by atoms with E-state index in [0.29, 0.717) is 13.1 Å². The minimum absolute atomic E-state index is 0.0901. The van der Waals surface area contributed by atoms with Crippen LogP contribution in [0.2, 0.25) is 0 Å². The lowest BCUT2D eigenvalue weighted by molar-refractivity contribution is -0.166. The standard InChI is InChI=1S/C11H20N2O4/c1-11(2,3)17-10(16)8(14)6-13-5-4-12-9(15)7-13/h8,14H,4-7H2,1-3H3,(H,12,15). The number of piperazine rings is 1. The summed E-state index contributed by atoms with van der Waals surface area (Å²) >= 11 is 0. The van der Waals surface area contributed by atoms with E-state index in [4.69, 9.17) is 4.74 Å². The smallest absolute Gasteiger partial charge is 0.336 e. The largest absolute Gasteiger partial charge is 0.458 e. The fraction of sp³-hybridized carbons (Fsp3) is 0.818. The average Bonchev–Trinajstić information content (AvgIpc) is 2.14. The van der Waals surface area contributed by atoms with Gasteiger partial charge in [0.1, 0.15) is 5.60 Å². The van der Waals surface area contributed by atoms with E-state index in [1.54, 1.807) is 25.7 Å². The minimum Gasteiger partial charge on any atom is -0.458 e. The van der Waals surface area contributed by atoms with Crippen LogP contribution in [0.4, 0.5) is 0 Å². The third kappa shape index (κ3) is 5.14. The lowest BCUT2D eigenvalue weighted by Gasteiger charge is -2.29. The summed E-state index contributed by atoms with van der Waals surface area (Å²) in [5.74, 6) is -0.740. The number of aliphatic hydroxyl groups excluding tert-OH is 1. The van der Waals surface area contributed by atoms with Crippen LogP contribution in [0.15, 0.2) is 0 Å². The molecular weight excluding hydrogens is 224 g/mol. The van der Waals surface area contributed by atoms with Crippen LogP contribution >= 0.6 is 0 Å². The zero-order valence-corrected chi connectivity index (χ0v) is 10.5. The molecule has 0 aliphatic carbocycles. The molecule has 17 heavy (non-hydrogen) atoms. The molecule has 1 aliphatic rings. The van der Waals surface area contributed by atoms with E-state index >= 15 is 0 Å². The second kappa shape index (κ2) is 5.46. The molecule has 0 bridgehead atoms. The van der Waals surface area contributed by atoms with Gasteiger partial charge in [0.25, 0.3) is 0 Å². The maximum absolute atomic E-state index is 11.5. The third-order valence-corrected chi connectivity index (χ3v) is 2.23. The number of β-amino-alcohol motifs (C(OH)–C–C–N with tert-alkyl or cyclic N) is 1. The van der Waals surface area contributed by atoms with Crippen LogP contribution in [-0.2, 0) is 14.3 Å². The lowest BCUT2D eigenvalue weighted by Crippen LogP contribution is -2.51. The molecule has 98 valence electrons. The van der Waals surface area contributed by atoms with Crippen molar-refractivity contribution < 1.29 is 19.4 Å². The highest BCUT2D eigenvalue weighted by atomic mass is 16.6. The summed E-state index contributed by atoms with van der Waals surface area (Å²) in [4.78, 5) is 24.3. The minimum atomic E-state index is -1.21. The summed E-state index contributed by atoms with van der Waals surface area (Å²) in [6.07, 6.45) is -1.21. The summed E-state index contributed by atoms with van der Waals surface area (Å²) in [7, 11) is 0. The van der Waals surface area contributed by atoms with Crippen LogP contribution < -0.4 is 5.32 Å². The molecule has 1 aliphatic heterocycles. The number of aliphatic hydroxyl groups is 1. The van der Waals surface area contributed by atoms with Gasteiger partial charge in [-0.1, -0.05) is 0 Å². The number of ether oxygens (including phenoxy) is 1. The van der Waals surface area contributed by atoms with Gasteiger partial charge in [-0.3, -0.25) is 9.69 Å². The number of amides is 1. The number of nitrogens with one attached hydrogen (secondary N) is 1. The number of esters is 1. The lowest BCUT2D eigenvalue weighted by atomic mass is 10.2. The topological polar surface area (TPSA) is 78.9 Å². The van der Waals surface area contributed by atoms with E-state index in [2.05, 4.69) is 5.32 Å². The van der Waals surface area contributed by atoms with E-state index in [1.807, 2.05) is 0 Å². The number of rotatable bonds is 3. The first kappa shape index (κ1) is 13.9. The summed E-state index contributed by atoms with van der Waals surface area (Å²) in [6, 6.07) is 0. The first-order chi connectivity index (χ1) is 7.78. The van der Waals surface area contributed by atoms with Gasteiger partial charge in [0.2, 0.25) is 5.91 Å². The van der Waals surface area contributed by atoms with Crippen molar-refractivity contribution in [3.63, 3.8) is 0 Å². The number of carbonyl (C=O) groups is 2. The van der Waals surface area contributed by atoms with Crippen LogP contribution in [0.5, 0.6) is 0 Å². The molecule has 0 spiro atoms. The van der Waals surface area contributed by atoms with Crippen molar-refractivity contribution in [2.45, 2.75) is 32.5 Å². The summed E-state index contributed by atoms with van der Waals surface area (Å²) < 4.78 is 5.05. The molecule has 1 unspecified atom stereocenters. The maximum atomic E-state index is 11.5. The van der Waals surface area contributed by atoms with Gasteiger partial charge in [0, 0.05) is 19.6 Å². The second-order valence-electron chi connectivity index (χ2n) is 5.13. The number of carbonyl (C=O) groups excluding carboxylic acids is 2. The van der Waals surface area contributed by atoms with E-state index in [0.717, 1.165) is 0 Å². The van der Waals surface area contributed by atoms with E-state index in [1.165, 1.54) is 0 Å². The van der Waals surface area contributed by atoms with Crippen LogP contribution in [0.1, 0.15) is 20.8 Å². The third-order valence-electron chi connectivity index (χ3n) is 2.23. The highest BCUT2D eigenvalue weighted by Gasteiger charge is 2.26. The van der Waals surface area contributed by atoms with Crippen LogP contribution in [-0.4, -0.2) is 59.8 Å². The Morgan fingerprint density at radius 2 is 2.24 bits per heavy atom. The molecule has 1 rings (SSSR count). The normalized spacial score (nSPS) is 19.6. The van der Waals surface area contributed by atoms with Gasteiger partial charge in [-0.15, -0.1) is 0 Å². The summed E-state index contributed by atoms with van der Waals surface area (Å²) in [5.41, 5.74) is -0.614. The molecule has 1 heterocycles. The van der Waals surface area contributed by atoms with Crippen LogP contribution in [0.3, 0.4) is 0 Å². The molecule has 0 radical (unpaired) electrons. The van der Waals surface area contributed by atoms with E-state index in [-0.39, 0.29) is 19.0 Å². The predicted octanol–water partition coefficient (Wildman–Crippen LogP) is -0.879. The number of hydrogen-bond acceptors (Lipinski definition) is 5. The Bertz CT molecular complexity index is 298. The molecule has 1 atom stereocenters. The van der Waals surface area contributed by atoms with Crippen molar-refractivity contribution in [1.82, 2.24) is 10.2 Å². The Morgan fingerprint density at radius 3 is 2.76 bits per heavy atom. The number of nitrogens with zero attached hydrogens (tertiary/aromatic N) is 1. The van der Waals surface area contributed by atoms with Crippen molar-refractivity contribution in [3.8, 4) is 0 Å². The maximum Gasteiger partial charge on any atom is 0.336 e. The fourth-order valence-corrected chi connectivity index (χ4v) is 1.54. The Kier molecular flexibility index (Phi) is 4.47. The highest BCUT2D eigenvalue weighted by molar-refractivity contribution is 5.79. The zero-order valence-electron chi connectivity index (χ0n) is 10.5. The van der Waals surface area contributed by atoms with Crippen molar-refractivity contribution in [2.24, 2.45) is 0 Å². The fourth-order valence-electron chi connectivity index (χ4n) is 1.54. The van der Waals surface area contributed by atoms with Gasteiger partial charge in [-0.05, 0) is 20.8 Å². The molecule has 2 N–H and O–H groups in total. The Labute approximate surface area is 101 Å². The van der Waals surface area contributed by atoms with E-state index < -0.39 is 17.7 Å².